The third kappa shape index (κ3) is 5.64. The molecule has 0 bridgehead atoms. The standard InChI is InChI=1S/C32H46N4O4/c1-3-33(4-2)30(38)24-12-11-19-35(22-24)29(37)23-17-20-34(21-18-23)27-16-10-15-26-28(27)32(40)36(31(26)39)25-13-8-6-5-7-9-14-25/h10,15-16,23-25H,3-9,11-14,17-22H2,1-2H3. The summed E-state index contributed by atoms with van der Waals surface area (Å²) in [5, 5.41) is 0. The minimum atomic E-state index is -0.142. The summed E-state index contributed by atoms with van der Waals surface area (Å²) in [6, 6.07) is 5.64. The molecule has 1 aromatic carbocycles. The van der Waals surface area contributed by atoms with E-state index in [0.717, 1.165) is 50.8 Å². The molecule has 1 aliphatic carbocycles. The van der Waals surface area contributed by atoms with Crippen LogP contribution in [0.5, 0.6) is 0 Å². The van der Waals surface area contributed by atoms with E-state index in [4.69, 9.17) is 0 Å². The first-order chi connectivity index (χ1) is 19.4. The molecule has 1 aromatic rings. The number of carbonyl (C=O) groups excluding carboxylic acids is 4. The summed E-state index contributed by atoms with van der Waals surface area (Å²) in [5.41, 5.74) is 1.91. The Hall–Kier alpha value is -2.90. The smallest absolute Gasteiger partial charge is 0.263 e. The van der Waals surface area contributed by atoms with Crippen LogP contribution >= 0.6 is 0 Å². The minimum absolute atomic E-state index is 0.00844. The molecule has 218 valence electrons. The lowest BCUT2D eigenvalue weighted by molar-refractivity contribution is -0.143. The van der Waals surface area contributed by atoms with Gasteiger partial charge in [-0.3, -0.25) is 24.1 Å². The summed E-state index contributed by atoms with van der Waals surface area (Å²) < 4.78 is 0. The highest BCUT2D eigenvalue weighted by molar-refractivity contribution is 6.24. The molecule has 4 amide bonds. The lowest BCUT2D eigenvalue weighted by Gasteiger charge is -2.39. The van der Waals surface area contributed by atoms with Gasteiger partial charge < -0.3 is 14.7 Å². The second-order valence-electron chi connectivity index (χ2n) is 12.1. The lowest BCUT2D eigenvalue weighted by atomic mass is 9.91. The van der Waals surface area contributed by atoms with Gasteiger partial charge in [0.2, 0.25) is 11.8 Å². The van der Waals surface area contributed by atoms with Crippen molar-refractivity contribution >= 4 is 29.3 Å². The minimum Gasteiger partial charge on any atom is -0.371 e. The van der Waals surface area contributed by atoms with E-state index in [1.54, 1.807) is 11.0 Å². The molecule has 2 saturated heterocycles. The highest BCUT2D eigenvalue weighted by atomic mass is 16.2. The Labute approximate surface area is 239 Å². The van der Waals surface area contributed by atoms with Crippen LogP contribution in [0.15, 0.2) is 18.2 Å². The van der Waals surface area contributed by atoms with Crippen LogP contribution in [0.3, 0.4) is 0 Å². The van der Waals surface area contributed by atoms with E-state index in [0.29, 0.717) is 56.7 Å². The molecule has 0 spiro atoms. The number of piperidine rings is 2. The first-order valence-electron chi connectivity index (χ1n) is 15.8. The fraction of sp³-hybridized carbons (Fsp3) is 0.688. The fourth-order valence-corrected chi connectivity index (χ4v) is 7.37. The number of likely N-dealkylation sites (tertiary alicyclic amines) is 1. The first-order valence-corrected chi connectivity index (χ1v) is 15.8. The number of rotatable bonds is 6. The van der Waals surface area contributed by atoms with Crippen LogP contribution in [0.4, 0.5) is 5.69 Å². The Morgan fingerprint density at radius 3 is 2.15 bits per heavy atom. The van der Waals surface area contributed by atoms with E-state index in [2.05, 4.69) is 4.90 Å². The number of imide groups is 1. The highest BCUT2D eigenvalue weighted by Gasteiger charge is 2.42. The number of anilines is 1. The Bertz CT molecular complexity index is 1100. The van der Waals surface area contributed by atoms with Crippen molar-refractivity contribution in [3.8, 4) is 0 Å². The van der Waals surface area contributed by atoms with Gasteiger partial charge in [0.05, 0.1) is 22.7 Å². The van der Waals surface area contributed by atoms with Gasteiger partial charge in [0.1, 0.15) is 0 Å². The Kier molecular flexibility index (Phi) is 9.11. The van der Waals surface area contributed by atoms with Crippen LogP contribution in [0.2, 0.25) is 0 Å². The summed E-state index contributed by atoms with van der Waals surface area (Å²) in [4.78, 5) is 61.1. The topological polar surface area (TPSA) is 81.2 Å². The molecular formula is C32H46N4O4. The molecule has 0 aromatic heterocycles. The van der Waals surface area contributed by atoms with Crippen LogP contribution in [0, 0.1) is 11.8 Å². The third-order valence-corrected chi connectivity index (χ3v) is 9.71. The predicted octanol–water partition coefficient (Wildman–Crippen LogP) is 4.72. The zero-order chi connectivity index (χ0) is 28.2. The average molecular weight is 551 g/mol. The molecular weight excluding hydrogens is 504 g/mol. The van der Waals surface area contributed by atoms with Crippen molar-refractivity contribution in [2.24, 2.45) is 11.8 Å². The van der Waals surface area contributed by atoms with Crippen molar-refractivity contribution in [3.05, 3.63) is 29.3 Å². The number of fused-ring (bicyclic) bond motifs is 1. The van der Waals surface area contributed by atoms with E-state index in [9.17, 15) is 19.2 Å². The fourth-order valence-electron chi connectivity index (χ4n) is 7.37. The van der Waals surface area contributed by atoms with Crippen LogP contribution in [-0.4, -0.2) is 83.6 Å². The van der Waals surface area contributed by atoms with Crippen LogP contribution in [0.1, 0.15) is 105 Å². The second kappa shape index (κ2) is 12.7. The first kappa shape index (κ1) is 28.6. The van der Waals surface area contributed by atoms with Gasteiger partial charge in [0.25, 0.3) is 11.8 Å². The van der Waals surface area contributed by atoms with Gasteiger partial charge in [-0.15, -0.1) is 0 Å². The summed E-state index contributed by atoms with van der Waals surface area (Å²) in [6.07, 6.45) is 10.6. The molecule has 0 N–H and O–H groups in total. The summed E-state index contributed by atoms with van der Waals surface area (Å²) in [6.45, 7) is 8.00. The Balaban J connectivity index is 1.23. The molecule has 4 aliphatic rings. The van der Waals surface area contributed by atoms with Gasteiger partial charge in [-0.1, -0.05) is 38.2 Å². The lowest BCUT2D eigenvalue weighted by Crippen LogP contribution is -2.49. The van der Waals surface area contributed by atoms with E-state index < -0.39 is 0 Å². The molecule has 1 atom stereocenters. The number of hydrogen-bond acceptors (Lipinski definition) is 5. The Morgan fingerprint density at radius 2 is 1.48 bits per heavy atom. The van der Waals surface area contributed by atoms with E-state index in [1.165, 1.54) is 19.3 Å². The predicted molar refractivity (Wildman–Crippen MR) is 155 cm³/mol. The van der Waals surface area contributed by atoms with Crippen LogP contribution in [0.25, 0.3) is 0 Å². The SMILES string of the molecule is CCN(CC)C(=O)C1CCCN(C(=O)C2CCN(c3cccc4c3C(=O)N(C3CCCCCCC3)C4=O)CC2)C1. The van der Waals surface area contributed by atoms with Crippen LogP contribution in [-0.2, 0) is 9.59 Å². The average Bonchev–Trinajstić information content (AvgIpc) is 3.23. The van der Waals surface area contributed by atoms with E-state index >= 15 is 0 Å². The second-order valence-corrected chi connectivity index (χ2v) is 12.1. The van der Waals surface area contributed by atoms with Crippen molar-refractivity contribution in [2.45, 2.75) is 90.5 Å². The van der Waals surface area contributed by atoms with Gasteiger partial charge in [-0.05, 0) is 64.5 Å². The number of carbonyl (C=O) groups is 4. The quantitative estimate of drug-likeness (QED) is 0.479. The molecule has 3 fully saturated rings. The Morgan fingerprint density at radius 1 is 0.800 bits per heavy atom. The maximum absolute atomic E-state index is 13.7. The molecule has 8 heteroatoms. The molecule has 1 saturated carbocycles. The monoisotopic (exact) mass is 550 g/mol. The normalized spacial score (nSPS) is 23.1. The van der Waals surface area contributed by atoms with Gasteiger partial charge in [0, 0.05) is 51.2 Å². The van der Waals surface area contributed by atoms with Gasteiger partial charge in [0.15, 0.2) is 0 Å². The van der Waals surface area contributed by atoms with Crippen molar-refractivity contribution in [1.82, 2.24) is 14.7 Å². The molecule has 3 aliphatic heterocycles. The molecule has 3 heterocycles. The van der Waals surface area contributed by atoms with Gasteiger partial charge in [-0.2, -0.15) is 0 Å². The highest BCUT2D eigenvalue weighted by Crippen LogP contribution is 2.37. The largest absolute Gasteiger partial charge is 0.371 e. The zero-order valence-corrected chi connectivity index (χ0v) is 24.4. The summed E-state index contributed by atoms with van der Waals surface area (Å²) >= 11 is 0. The van der Waals surface area contributed by atoms with E-state index in [-0.39, 0.29) is 41.5 Å². The zero-order valence-electron chi connectivity index (χ0n) is 24.4. The van der Waals surface area contributed by atoms with Crippen LogP contribution < -0.4 is 4.90 Å². The summed E-state index contributed by atoms with van der Waals surface area (Å²) in [5.74, 6) is -0.124. The molecule has 5 rings (SSSR count). The maximum Gasteiger partial charge on any atom is 0.263 e. The molecule has 0 radical (unpaired) electrons. The maximum atomic E-state index is 13.7. The number of benzene rings is 1. The van der Waals surface area contributed by atoms with Gasteiger partial charge in [-0.25, -0.2) is 0 Å². The summed E-state index contributed by atoms with van der Waals surface area (Å²) in [7, 11) is 0. The number of amides is 4. The molecule has 40 heavy (non-hydrogen) atoms. The van der Waals surface area contributed by atoms with E-state index in [1.807, 2.05) is 35.8 Å². The molecule has 8 nitrogen and oxygen atoms in total. The van der Waals surface area contributed by atoms with Crippen molar-refractivity contribution in [3.63, 3.8) is 0 Å². The third-order valence-electron chi connectivity index (χ3n) is 9.71. The number of hydrogen-bond donors (Lipinski definition) is 0. The van der Waals surface area contributed by atoms with Crippen molar-refractivity contribution in [1.29, 1.82) is 0 Å². The molecule has 1 unspecified atom stereocenters. The van der Waals surface area contributed by atoms with Crippen molar-refractivity contribution < 1.29 is 19.2 Å². The van der Waals surface area contributed by atoms with Crippen molar-refractivity contribution in [2.75, 3.05) is 44.2 Å². The van der Waals surface area contributed by atoms with Gasteiger partial charge >= 0.3 is 0 Å². The number of nitrogens with zero attached hydrogens (tertiary/aromatic N) is 4.